The van der Waals surface area contributed by atoms with E-state index in [-0.39, 0.29) is 23.9 Å². The van der Waals surface area contributed by atoms with Gasteiger partial charge in [0.15, 0.2) is 0 Å². The first-order valence-electron chi connectivity index (χ1n) is 9.60. The Labute approximate surface area is 160 Å². The number of carbonyl (C=O) groups excluding carboxylic acids is 3. The first-order chi connectivity index (χ1) is 12.7. The summed E-state index contributed by atoms with van der Waals surface area (Å²) in [7, 11) is 0. The Hall–Kier alpha value is -2.37. The smallest absolute Gasteiger partial charge is 0.407 e. The zero-order valence-corrected chi connectivity index (χ0v) is 16.5. The molecule has 2 aliphatic rings. The maximum absolute atomic E-state index is 12.5. The van der Waals surface area contributed by atoms with Crippen LogP contribution in [0.4, 0.5) is 4.79 Å². The summed E-state index contributed by atoms with van der Waals surface area (Å²) in [6.45, 7) is 8.06. The number of imide groups is 1. The number of nitrogens with zero attached hydrogens (tertiary/aromatic N) is 1. The van der Waals surface area contributed by atoms with E-state index in [9.17, 15) is 14.4 Å². The fraction of sp³-hybridized carbons (Fsp3) is 0.571. The van der Waals surface area contributed by atoms with E-state index in [1.165, 1.54) is 4.90 Å². The molecule has 0 aromatic heterocycles. The van der Waals surface area contributed by atoms with Crippen LogP contribution in [0.15, 0.2) is 24.3 Å². The lowest BCUT2D eigenvalue weighted by molar-refractivity contribution is 0.0494. The topological polar surface area (TPSA) is 75.7 Å². The normalized spacial score (nSPS) is 24.9. The number of rotatable bonds is 4. The van der Waals surface area contributed by atoms with Crippen LogP contribution in [0.2, 0.25) is 0 Å². The summed E-state index contributed by atoms with van der Waals surface area (Å²) in [5, 5.41) is 2.97. The van der Waals surface area contributed by atoms with Gasteiger partial charge in [-0.15, -0.1) is 0 Å². The first-order valence-corrected chi connectivity index (χ1v) is 9.60. The van der Waals surface area contributed by atoms with Gasteiger partial charge in [0.25, 0.3) is 11.8 Å². The molecule has 0 bridgehead atoms. The van der Waals surface area contributed by atoms with Gasteiger partial charge >= 0.3 is 6.09 Å². The van der Waals surface area contributed by atoms with Crippen LogP contribution in [0.5, 0.6) is 0 Å². The van der Waals surface area contributed by atoms with E-state index in [2.05, 4.69) is 12.2 Å². The van der Waals surface area contributed by atoms with Gasteiger partial charge in [0.05, 0.1) is 11.1 Å². The van der Waals surface area contributed by atoms with E-state index in [0.717, 1.165) is 19.3 Å². The number of benzene rings is 1. The molecule has 3 amide bonds. The minimum atomic E-state index is -0.517. The van der Waals surface area contributed by atoms with Gasteiger partial charge in [0.2, 0.25) is 0 Å². The summed E-state index contributed by atoms with van der Waals surface area (Å²) >= 11 is 0. The molecule has 3 rings (SSSR count). The van der Waals surface area contributed by atoms with Gasteiger partial charge < -0.3 is 10.1 Å². The third-order valence-electron chi connectivity index (χ3n) is 5.32. The van der Waals surface area contributed by atoms with Crippen molar-refractivity contribution in [3.63, 3.8) is 0 Å². The Balaban J connectivity index is 1.52. The summed E-state index contributed by atoms with van der Waals surface area (Å²) in [6, 6.07) is 7.02. The van der Waals surface area contributed by atoms with Crippen LogP contribution in [0, 0.1) is 11.8 Å². The quantitative estimate of drug-likeness (QED) is 0.819. The van der Waals surface area contributed by atoms with Crippen molar-refractivity contribution >= 4 is 17.9 Å². The van der Waals surface area contributed by atoms with Crippen molar-refractivity contribution in [1.29, 1.82) is 0 Å². The second-order valence-electron chi connectivity index (χ2n) is 8.66. The Morgan fingerprint density at radius 3 is 2.30 bits per heavy atom. The Morgan fingerprint density at radius 2 is 1.74 bits per heavy atom. The monoisotopic (exact) mass is 372 g/mol. The van der Waals surface area contributed by atoms with Gasteiger partial charge in [0.1, 0.15) is 5.60 Å². The molecule has 6 nitrogen and oxygen atoms in total. The minimum absolute atomic E-state index is 0.0621. The number of carbonyl (C=O) groups is 3. The summed E-state index contributed by atoms with van der Waals surface area (Å²) < 4.78 is 5.34. The molecule has 2 unspecified atom stereocenters. The Morgan fingerprint density at radius 1 is 1.15 bits per heavy atom. The zero-order valence-electron chi connectivity index (χ0n) is 16.5. The second kappa shape index (κ2) is 7.33. The van der Waals surface area contributed by atoms with Crippen LogP contribution in [0.3, 0.4) is 0 Å². The molecular formula is C21H28N2O4. The highest BCUT2D eigenvalue weighted by atomic mass is 16.6. The van der Waals surface area contributed by atoms with Gasteiger partial charge in [0, 0.05) is 12.6 Å². The second-order valence-corrected chi connectivity index (χ2v) is 8.66. The Bertz CT molecular complexity index is 718. The van der Waals surface area contributed by atoms with Crippen LogP contribution in [0.1, 0.15) is 67.7 Å². The number of hydrogen-bond acceptors (Lipinski definition) is 4. The molecule has 1 aliphatic carbocycles. The van der Waals surface area contributed by atoms with Crippen molar-refractivity contribution in [2.24, 2.45) is 11.8 Å². The number of alkyl carbamates (subject to hydrolysis) is 1. The van der Waals surface area contributed by atoms with Crippen molar-refractivity contribution in [2.75, 3.05) is 6.54 Å². The summed E-state index contributed by atoms with van der Waals surface area (Å²) in [4.78, 5) is 38.3. The molecule has 3 atom stereocenters. The molecule has 1 saturated carbocycles. The fourth-order valence-electron chi connectivity index (χ4n) is 4.03. The molecule has 1 aliphatic heterocycles. The van der Waals surface area contributed by atoms with Gasteiger partial charge in [-0.25, -0.2) is 4.79 Å². The van der Waals surface area contributed by atoms with Crippen LogP contribution in [0.25, 0.3) is 0 Å². The lowest BCUT2D eigenvalue weighted by atomic mass is 10.0. The van der Waals surface area contributed by atoms with Gasteiger partial charge in [-0.3, -0.25) is 14.5 Å². The third kappa shape index (κ3) is 4.31. The van der Waals surface area contributed by atoms with Crippen LogP contribution in [-0.4, -0.2) is 41.0 Å². The lowest BCUT2D eigenvalue weighted by Crippen LogP contribution is -2.40. The summed E-state index contributed by atoms with van der Waals surface area (Å²) in [5.74, 6) is 0.295. The van der Waals surface area contributed by atoms with Crippen LogP contribution < -0.4 is 5.32 Å². The van der Waals surface area contributed by atoms with Crippen molar-refractivity contribution in [2.45, 2.75) is 58.6 Å². The maximum atomic E-state index is 12.5. The molecular weight excluding hydrogens is 344 g/mol. The largest absolute Gasteiger partial charge is 0.444 e. The van der Waals surface area contributed by atoms with Crippen LogP contribution in [-0.2, 0) is 4.74 Å². The molecule has 1 N–H and O–H groups in total. The van der Waals surface area contributed by atoms with Crippen molar-refractivity contribution in [1.82, 2.24) is 10.2 Å². The predicted molar refractivity (Wildman–Crippen MR) is 101 cm³/mol. The molecule has 1 aromatic carbocycles. The van der Waals surface area contributed by atoms with Gasteiger partial charge in [-0.1, -0.05) is 19.1 Å². The van der Waals surface area contributed by atoms with Crippen LogP contribution >= 0.6 is 0 Å². The van der Waals surface area contributed by atoms with Gasteiger partial charge in [-0.2, -0.15) is 0 Å². The zero-order chi connectivity index (χ0) is 19.8. The Kier molecular flexibility index (Phi) is 5.27. The molecule has 27 heavy (non-hydrogen) atoms. The lowest BCUT2D eigenvalue weighted by Gasteiger charge is -2.23. The third-order valence-corrected chi connectivity index (χ3v) is 5.32. The number of ether oxygens (including phenoxy) is 1. The number of nitrogens with one attached hydrogen (secondary N) is 1. The molecule has 0 spiro atoms. The van der Waals surface area contributed by atoms with E-state index in [1.54, 1.807) is 24.3 Å². The number of hydrogen-bond donors (Lipinski definition) is 1. The van der Waals surface area contributed by atoms with Crippen molar-refractivity contribution < 1.29 is 19.1 Å². The molecule has 6 heteroatoms. The number of fused-ring (bicyclic) bond motifs is 1. The first kappa shape index (κ1) is 19.4. The highest BCUT2D eigenvalue weighted by Gasteiger charge is 2.37. The predicted octanol–water partition coefficient (Wildman–Crippen LogP) is 3.61. The van der Waals surface area contributed by atoms with E-state index in [1.807, 2.05) is 20.8 Å². The van der Waals surface area contributed by atoms with E-state index >= 15 is 0 Å². The molecule has 1 fully saturated rings. The standard InChI is InChI=1S/C21H28N2O4/c1-13-11-14(12-17(13)22-20(26)27-21(2,3)4)9-10-23-18(24)15-7-5-6-8-16(15)19(23)25/h5-8,13-14,17H,9-12H2,1-4H3,(H,22,26)/t13-,14?,17?/m0/s1. The average Bonchev–Trinajstić information content (AvgIpc) is 3.03. The van der Waals surface area contributed by atoms with E-state index in [0.29, 0.717) is 29.5 Å². The highest BCUT2D eigenvalue weighted by molar-refractivity contribution is 6.21. The minimum Gasteiger partial charge on any atom is -0.444 e. The van der Waals surface area contributed by atoms with Gasteiger partial charge in [-0.05, 0) is 64.0 Å². The highest BCUT2D eigenvalue weighted by Crippen LogP contribution is 2.34. The van der Waals surface area contributed by atoms with E-state index < -0.39 is 5.60 Å². The SMILES string of the molecule is C[C@H]1CC(CCN2C(=O)c3ccccc3C2=O)CC1NC(=O)OC(C)(C)C. The molecule has 1 heterocycles. The van der Waals surface area contributed by atoms with E-state index in [4.69, 9.17) is 4.74 Å². The summed E-state index contributed by atoms with van der Waals surface area (Å²) in [6.07, 6.45) is 2.16. The maximum Gasteiger partial charge on any atom is 0.407 e. The molecule has 146 valence electrons. The summed E-state index contributed by atoms with van der Waals surface area (Å²) in [5.41, 5.74) is 0.468. The fourth-order valence-corrected chi connectivity index (χ4v) is 4.03. The molecule has 1 aromatic rings. The van der Waals surface area contributed by atoms with Crippen molar-refractivity contribution in [3.05, 3.63) is 35.4 Å². The molecule has 0 radical (unpaired) electrons. The van der Waals surface area contributed by atoms with Crippen molar-refractivity contribution in [3.8, 4) is 0 Å². The molecule has 0 saturated heterocycles. The number of amides is 3. The average molecular weight is 372 g/mol.